The maximum Gasteiger partial charge on any atom is 0.239 e. The Bertz CT molecular complexity index is 941. The lowest BCUT2D eigenvalue weighted by molar-refractivity contribution is -0.133. The molecule has 1 atom stereocenters. The summed E-state index contributed by atoms with van der Waals surface area (Å²) >= 11 is 0. The number of rotatable bonds is 8. The Morgan fingerprint density at radius 1 is 1.24 bits per heavy atom. The molecule has 1 fully saturated rings. The first-order chi connectivity index (χ1) is 15.4. The number of aromatic nitrogens is 2. The van der Waals surface area contributed by atoms with Gasteiger partial charge in [0.2, 0.25) is 5.91 Å². The molecule has 3 rings (SSSR count). The SMILES string of the molecule is CN=C(NCCCN1CCCC1C(=O)N(C)C)NCc1ccccc1-n1nc(C)cc1C.I. The van der Waals surface area contributed by atoms with E-state index in [1.165, 1.54) is 0 Å². The number of aliphatic imine (C=N–C) groups is 1. The van der Waals surface area contributed by atoms with E-state index < -0.39 is 0 Å². The van der Waals surface area contributed by atoms with Gasteiger partial charge in [0.25, 0.3) is 0 Å². The molecule has 0 radical (unpaired) electrons. The average Bonchev–Trinajstić information content (AvgIpc) is 3.38. The van der Waals surface area contributed by atoms with E-state index in [1.54, 1.807) is 11.9 Å². The minimum Gasteiger partial charge on any atom is -0.356 e. The Balaban J connectivity index is 0.00000385. The number of nitrogens with one attached hydrogen (secondary N) is 2. The van der Waals surface area contributed by atoms with Crippen LogP contribution in [0, 0.1) is 13.8 Å². The molecule has 1 aromatic heterocycles. The first kappa shape index (κ1) is 27.1. The van der Waals surface area contributed by atoms with Gasteiger partial charge >= 0.3 is 0 Å². The molecular weight excluding hydrogens is 529 g/mol. The zero-order valence-corrected chi connectivity index (χ0v) is 22.8. The lowest BCUT2D eigenvalue weighted by Gasteiger charge is -2.26. The highest BCUT2D eigenvalue weighted by Gasteiger charge is 2.30. The van der Waals surface area contributed by atoms with E-state index in [0.717, 1.165) is 67.5 Å². The van der Waals surface area contributed by atoms with Gasteiger partial charge in [0.15, 0.2) is 5.96 Å². The largest absolute Gasteiger partial charge is 0.356 e. The predicted molar refractivity (Wildman–Crippen MR) is 145 cm³/mol. The molecule has 2 heterocycles. The molecule has 0 spiro atoms. The van der Waals surface area contributed by atoms with Crippen LogP contribution in [0.4, 0.5) is 0 Å². The van der Waals surface area contributed by atoms with Crippen LogP contribution in [0.2, 0.25) is 0 Å². The second kappa shape index (κ2) is 12.9. The highest BCUT2D eigenvalue weighted by Crippen LogP contribution is 2.19. The molecule has 0 aliphatic carbocycles. The summed E-state index contributed by atoms with van der Waals surface area (Å²) in [7, 11) is 5.46. The normalized spacial score (nSPS) is 16.4. The topological polar surface area (TPSA) is 77.8 Å². The van der Waals surface area contributed by atoms with E-state index in [9.17, 15) is 4.79 Å². The summed E-state index contributed by atoms with van der Waals surface area (Å²) in [6.07, 6.45) is 3.01. The number of carbonyl (C=O) groups is 1. The molecule has 0 saturated carbocycles. The van der Waals surface area contributed by atoms with Crippen LogP contribution >= 0.6 is 24.0 Å². The fraction of sp³-hybridized carbons (Fsp3) is 0.542. The van der Waals surface area contributed by atoms with E-state index >= 15 is 0 Å². The molecular formula is C24H38IN7O. The Hall–Kier alpha value is -2.14. The van der Waals surface area contributed by atoms with Crippen molar-refractivity contribution in [3.63, 3.8) is 0 Å². The molecule has 1 unspecified atom stereocenters. The van der Waals surface area contributed by atoms with Crippen LogP contribution in [0.15, 0.2) is 35.3 Å². The van der Waals surface area contributed by atoms with E-state index in [4.69, 9.17) is 0 Å². The van der Waals surface area contributed by atoms with Gasteiger partial charge in [-0.15, -0.1) is 24.0 Å². The Labute approximate surface area is 214 Å². The number of halogens is 1. The highest BCUT2D eigenvalue weighted by molar-refractivity contribution is 14.0. The molecule has 9 heteroatoms. The predicted octanol–water partition coefficient (Wildman–Crippen LogP) is 2.71. The van der Waals surface area contributed by atoms with Gasteiger partial charge in [-0.2, -0.15) is 5.10 Å². The molecule has 182 valence electrons. The van der Waals surface area contributed by atoms with E-state index in [2.05, 4.69) is 50.7 Å². The van der Waals surface area contributed by atoms with Crippen molar-refractivity contribution in [3.05, 3.63) is 47.3 Å². The number of amides is 1. The minimum atomic E-state index is 0. The van der Waals surface area contributed by atoms with Gasteiger partial charge < -0.3 is 15.5 Å². The van der Waals surface area contributed by atoms with Crippen molar-refractivity contribution in [2.24, 2.45) is 4.99 Å². The molecule has 0 bridgehead atoms. The maximum atomic E-state index is 12.3. The number of carbonyl (C=O) groups excluding carboxylic acids is 1. The van der Waals surface area contributed by atoms with Gasteiger partial charge in [0.05, 0.1) is 17.4 Å². The number of aryl methyl sites for hydroxylation is 2. The number of likely N-dealkylation sites (tertiary alicyclic amines) is 1. The third-order valence-electron chi connectivity index (χ3n) is 5.90. The lowest BCUT2D eigenvalue weighted by atomic mass is 10.1. The Morgan fingerprint density at radius 2 is 2.00 bits per heavy atom. The fourth-order valence-corrected chi connectivity index (χ4v) is 4.30. The van der Waals surface area contributed by atoms with Gasteiger partial charge in [-0.3, -0.25) is 14.7 Å². The maximum absolute atomic E-state index is 12.3. The third-order valence-corrected chi connectivity index (χ3v) is 5.90. The number of hydrogen-bond acceptors (Lipinski definition) is 4. The molecule has 1 saturated heterocycles. The van der Waals surface area contributed by atoms with Crippen molar-refractivity contribution in [2.45, 2.75) is 45.7 Å². The van der Waals surface area contributed by atoms with Crippen molar-refractivity contribution in [1.82, 2.24) is 30.2 Å². The van der Waals surface area contributed by atoms with Crippen molar-refractivity contribution >= 4 is 35.8 Å². The van der Waals surface area contributed by atoms with Gasteiger partial charge in [-0.05, 0) is 57.4 Å². The molecule has 1 aliphatic rings. The van der Waals surface area contributed by atoms with Crippen LogP contribution in [0.25, 0.3) is 5.69 Å². The second-order valence-corrected chi connectivity index (χ2v) is 8.60. The Morgan fingerprint density at radius 3 is 2.67 bits per heavy atom. The van der Waals surface area contributed by atoms with E-state index in [-0.39, 0.29) is 35.9 Å². The summed E-state index contributed by atoms with van der Waals surface area (Å²) in [5.74, 6) is 0.990. The van der Waals surface area contributed by atoms with Crippen LogP contribution < -0.4 is 10.6 Å². The molecule has 2 N–H and O–H groups in total. The highest BCUT2D eigenvalue weighted by atomic mass is 127. The average molecular weight is 568 g/mol. The van der Waals surface area contributed by atoms with Crippen LogP contribution in [0.5, 0.6) is 0 Å². The second-order valence-electron chi connectivity index (χ2n) is 8.60. The summed E-state index contributed by atoms with van der Waals surface area (Å²) < 4.78 is 1.99. The summed E-state index contributed by atoms with van der Waals surface area (Å²) in [5, 5.41) is 11.4. The van der Waals surface area contributed by atoms with Crippen molar-refractivity contribution < 1.29 is 4.79 Å². The lowest BCUT2D eigenvalue weighted by Crippen LogP contribution is -2.44. The van der Waals surface area contributed by atoms with Gasteiger partial charge in [-0.1, -0.05) is 18.2 Å². The Kier molecular flexibility index (Phi) is 10.6. The fourth-order valence-electron chi connectivity index (χ4n) is 4.30. The number of para-hydroxylation sites is 1. The van der Waals surface area contributed by atoms with E-state index in [1.807, 2.05) is 37.8 Å². The van der Waals surface area contributed by atoms with Gasteiger partial charge in [-0.25, -0.2) is 4.68 Å². The molecule has 33 heavy (non-hydrogen) atoms. The number of hydrogen-bond donors (Lipinski definition) is 2. The summed E-state index contributed by atoms with van der Waals surface area (Å²) in [6, 6.07) is 10.4. The standard InChI is InChI=1S/C24H37N7O.HI/c1-18-16-19(2)31(28-18)21-11-7-6-10-20(21)17-27-24(25-3)26-13-9-15-30-14-8-12-22(30)23(32)29(4)5;/h6-7,10-11,16,22H,8-9,12-15,17H2,1-5H3,(H2,25,26,27);1H. The quantitative estimate of drug-likeness (QED) is 0.222. The van der Waals surface area contributed by atoms with Crippen LogP contribution in [0.3, 0.4) is 0 Å². The third kappa shape index (κ3) is 7.17. The molecule has 2 aromatic rings. The van der Waals surface area contributed by atoms with Crippen LogP contribution in [-0.2, 0) is 11.3 Å². The number of likely N-dealkylation sites (N-methyl/N-ethyl adjacent to an activating group) is 1. The first-order valence-corrected chi connectivity index (χ1v) is 11.4. The van der Waals surface area contributed by atoms with E-state index in [0.29, 0.717) is 6.54 Å². The van der Waals surface area contributed by atoms with Crippen LogP contribution in [-0.4, -0.2) is 78.3 Å². The zero-order valence-electron chi connectivity index (χ0n) is 20.5. The van der Waals surface area contributed by atoms with Crippen molar-refractivity contribution in [1.29, 1.82) is 0 Å². The van der Waals surface area contributed by atoms with Crippen molar-refractivity contribution in [3.8, 4) is 5.69 Å². The van der Waals surface area contributed by atoms with Crippen LogP contribution in [0.1, 0.15) is 36.2 Å². The monoisotopic (exact) mass is 567 g/mol. The van der Waals surface area contributed by atoms with Gasteiger partial charge in [0.1, 0.15) is 0 Å². The smallest absolute Gasteiger partial charge is 0.239 e. The first-order valence-electron chi connectivity index (χ1n) is 11.4. The van der Waals surface area contributed by atoms with Crippen molar-refractivity contribution in [2.75, 3.05) is 40.8 Å². The number of nitrogens with zero attached hydrogens (tertiary/aromatic N) is 5. The summed E-state index contributed by atoms with van der Waals surface area (Å²) in [4.78, 5) is 20.7. The molecule has 8 nitrogen and oxygen atoms in total. The zero-order chi connectivity index (χ0) is 23.1. The van der Waals surface area contributed by atoms with Gasteiger partial charge in [0, 0.05) is 46.5 Å². The molecule has 1 amide bonds. The number of guanidine groups is 1. The minimum absolute atomic E-state index is 0. The molecule has 1 aliphatic heterocycles. The number of benzene rings is 1. The molecule has 1 aromatic carbocycles. The summed E-state index contributed by atoms with van der Waals surface area (Å²) in [5.41, 5.74) is 4.36. The summed E-state index contributed by atoms with van der Waals surface area (Å²) in [6.45, 7) is 7.45.